The second-order valence-electron chi connectivity index (χ2n) is 8.88. The van der Waals surface area contributed by atoms with Gasteiger partial charge in [0, 0.05) is 23.2 Å². The predicted octanol–water partition coefficient (Wildman–Crippen LogP) is 4.07. The summed E-state index contributed by atoms with van der Waals surface area (Å²) in [6.45, 7) is 0.643. The molecule has 4 rings (SSSR count). The number of hydrogen-bond acceptors (Lipinski definition) is 7. The van der Waals surface area contributed by atoms with Gasteiger partial charge in [-0.05, 0) is 48.0 Å². The molecule has 0 bridgehead atoms. The Bertz CT molecular complexity index is 1400. The molecule has 3 amide bonds. The number of thioether (sulfide) groups is 1. The van der Waals surface area contributed by atoms with Gasteiger partial charge in [-0.1, -0.05) is 36.7 Å². The first-order valence-corrected chi connectivity index (χ1v) is 13.1. The van der Waals surface area contributed by atoms with Crippen LogP contribution >= 0.6 is 23.4 Å². The third-order valence-corrected chi connectivity index (χ3v) is 7.12. The summed E-state index contributed by atoms with van der Waals surface area (Å²) in [6.07, 6.45) is 4.54. The summed E-state index contributed by atoms with van der Waals surface area (Å²) < 4.78 is 29.7. The van der Waals surface area contributed by atoms with Gasteiger partial charge in [0.2, 0.25) is 5.91 Å². The maximum absolute atomic E-state index is 14.8. The summed E-state index contributed by atoms with van der Waals surface area (Å²) >= 11 is 6.60. The molecule has 2 heterocycles. The highest BCUT2D eigenvalue weighted by molar-refractivity contribution is 8.18. The molecule has 0 aliphatic carbocycles. The van der Waals surface area contributed by atoms with Crippen molar-refractivity contribution in [1.29, 1.82) is 0 Å². The fourth-order valence-corrected chi connectivity index (χ4v) is 5.09. The molecule has 204 valence electrons. The lowest BCUT2D eigenvalue weighted by Gasteiger charge is -2.35. The van der Waals surface area contributed by atoms with Crippen LogP contribution in [0, 0.1) is 11.6 Å². The minimum Gasteiger partial charge on any atom is -0.381 e. The van der Waals surface area contributed by atoms with Crippen molar-refractivity contribution < 1.29 is 28.3 Å². The fraction of sp³-hybridized carbons (Fsp3) is 0.269. The molecule has 1 unspecified atom stereocenters. The van der Waals surface area contributed by atoms with Crippen molar-refractivity contribution in [1.82, 2.24) is 24.6 Å². The number of rotatable bonds is 10. The number of amides is 3. The van der Waals surface area contributed by atoms with E-state index in [1.54, 1.807) is 31.2 Å². The van der Waals surface area contributed by atoms with Crippen LogP contribution in [0.5, 0.6) is 0 Å². The van der Waals surface area contributed by atoms with Gasteiger partial charge in [0.25, 0.3) is 11.1 Å². The number of aliphatic hydroxyl groups is 1. The molecular weight excluding hydrogens is 552 g/mol. The van der Waals surface area contributed by atoms with Gasteiger partial charge in [-0.15, -0.1) is 0 Å². The van der Waals surface area contributed by atoms with Gasteiger partial charge in [0.1, 0.15) is 36.4 Å². The summed E-state index contributed by atoms with van der Waals surface area (Å²) in [5, 5.41) is 15.5. The molecule has 9 nitrogen and oxygen atoms in total. The van der Waals surface area contributed by atoms with Gasteiger partial charge >= 0.3 is 0 Å². The van der Waals surface area contributed by atoms with Crippen molar-refractivity contribution in [2.45, 2.75) is 25.5 Å². The van der Waals surface area contributed by atoms with E-state index < -0.39 is 47.4 Å². The van der Waals surface area contributed by atoms with Crippen LogP contribution in [0.2, 0.25) is 5.02 Å². The van der Waals surface area contributed by atoms with E-state index in [2.05, 4.69) is 10.1 Å². The Morgan fingerprint density at radius 3 is 2.59 bits per heavy atom. The van der Waals surface area contributed by atoms with E-state index in [9.17, 15) is 28.3 Å². The number of hydrogen-bond donors (Lipinski definition) is 1. The average Bonchev–Trinajstić information content (AvgIpc) is 3.48. The molecule has 1 aliphatic rings. The third kappa shape index (κ3) is 6.70. The monoisotopic (exact) mass is 575 g/mol. The number of imide groups is 1. The van der Waals surface area contributed by atoms with E-state index in [1.807, 2.05) is 0 Å². The van der Waals surface area contributed by atoms with Crippen LogP contribution in [-0.4, -0.2) is 66.4 Å². The van der Waals surface area contributed by atoms with Crippen molar-refractivity contribution >= 4 is 46.5 Å². The standard InChI is InChI=1S/C26H24ClF2N5O4S/c1-2-9-32(13-26(38,14-33-16-30-15-31-33)20-8-7-19(28)11-21(20)29)23(35)12-34-24(36)22(39-25(34)37)10-17-3-5-18(27)6-4-17/h3-8,10-11,15-16,38H,2,9,12-14H2,1H3. The quantitative estimate of drug-likeness (QED) is 0.363. The molecule has 0 saturated carbocycles. The second kappa shape index (κ2) is 12.1. The molecule has 1 fully saturated rings. The summed E-state index contributed by atoms with van der Waals surface area (Å²) in [5.41, 5.74) is -1.63. The Labute approximate surface area is 232 Å². The SMILES string of the molecule is CCCN(CC(O)(Cn1cncn1)c1ccc(F)cc1F)C(=O)CN1C(=O)SC(=Cc2ccc(Cl)cc2)C1=O. The number of nitrogens with zero attached hydrogens (tertiary/aromatic N) is 5. The van der Waals surface area contributed by atoms with E-state index in [0.29, 0.717) is 34.8 Å². The second-order valence-corrected chi connectivity index (χ2v) is 10.3. The van der Waals surface area contributed by atoms with Gasteiger partial charge in [-0.25, -0.2) is 18.4 Å². The van der Waals surface area contributed by atoms with Crippen LogP contribution in [0.1, 0.15) is 24.5 Å². The topological polar surface area (TPSA) is 109 Å². The maximum Gasteiger partial charge on any atom is 0.294 e. The smallest absolute Gasteiger partial charge is 0.294 e. The molecule has 13 heteroatoms. The number of aromatic nitrogens is 3. The fourth-order valence-electron chi connectivity index (χ4n) is 4.13. The Balaban J connectivity index is 1.57. The first-order valence-electron chi connectivity index (χ1n) is 11.9. The van der Waals surface area contributed by atoms with Crippen LogP contribution < -0.4 is 0 Å². The summed E-state index contributed by atoms with van der Waals surface area (Å²) in [6, 6.07) is 9.42. The van der Waals surface area contributed by atoms with Crippen LogP contribution in [0.3, 0.4) is 0 Å². The van der Waals surface area contributed by atoms with Crippen LogP contribution in [-0.2, 0) is 21.7 Å². The number of carbonyl (C=O) groups excluding carboxylic acids is 3. The molecule has 1 atom stereocenters. The first-order chi connectivity index (χ1) is 18.6. The Morgan fingerprint density at radius 2 is 1.95 bits per heavy atom. The average molecular weight is 576 g/mol. The van der Waals surface area contributed by atoms with Crippen LogP contribution in [0.4, 0.5) is 13.6 Å². The molecule has 1 saturated heterocycles. The van der Waals surface area contributed by atoms with Gasteiger partial charge in [-0.3, -0.25) is 19.3 Å². The highest BCUT2D eigenvalue weighted by Crippen LogP contribution is 2.33. The van der Waals surface area contributed by atoms with E-state index in [4.69, 9.17) is 11.6 Å². The highest BCUT2D eigenvalue weighted by atomic mass is 35.5. The molecule has 0 radical (unpaired) electrons. The minimum atomic E-state index is -2.04. The molecule has 3 aromatic rings. The third-order valence-electron chi connectivity index (χ3n) is 5.96. The first kappa shape index (κ1) is 28.4. The number of halogens is 3. The van der Waals surface area contributed by atoms with Crippen molar-refractivity contribution in [3.05, 3.63) is 87.8 Å². The molecule has 2 aromatic carbocycles. The molecule has 1 N–H and O–H groups in total. The lowest BCUT2D eigenvalue weighted by Crippen LogP contribution is -2.50. The van der Waals surface area contributed by atoms with Crippen molar-refractivity contribution in [3.8, 4) is 0 Å². The van der Waals surface area contributed by atoms with Crippen molar-refractivity contribution in [2.75, 3.05) is 19.6 Å². The highest BCUT2D eigenvalue weighted by Gasteiger charge is 2.40. The molecular formula is C26H24ClF2N5O4S. The lowest BCUT2D eigenvalue weighted by molar-refractivity contribution is -0.139. The van der Waals surface area contributed by atoms with Crippen molar-refractivity contribution in [3.63, 3.8) is 0 Å². The van der Waals surface area contributed by atoms with Crippen molar-refractivity contribution in [2.24, 2.45) is 0 Å². The zero-order valence-electron chi connectivity index (χ0n) is 20.8. The lowest BCUT2D eigenvalue weighted by atomic mass is 9.92. The normalized spacial score (nSPS) is 16.1. The zero-order valence-corrected chi connectivity index (χ0v) is 22.3. The molecule has 1 aliphatic heterocycles. The van der Waals surface area contributed by atoms with E-state index >= 15 is 0 Å². The summed E-state index contributed by atoms with van der Waals surface area (Å²) in [5.74, 6) is -3.09. The van der Waals surface area contributed by atoms with Crippen LogP contribution in [0.15, 0.2) is 60.0 Å². The predicted molar refractivity (Wildman–Crippen MR) is 141 cm³/mol. The van der Waals surface area contributed by atoms with Gasteiger partial charge < -0.3 is 10.0 Å². The maximum atomic E-state index is 14.8. The zero-order chi connectivity index (χ0) is 28.2. The molecule has 39 heavy (non-hydrogen) atoms. The Hall–Kier alpha value is -3.61. The Kier molecular flexibility index (Phi) is 8.78. The number of benzene rings is 2. The molecule has 0 spiro atoms. The number of carbonyl (C=O) groups is 3. The van der Waals surface area contributed by atoms with Crippen LogP contribution in [0.25, 0.3) is 6.08 Å². The van der Waals surface area contributed by atoms with Gasteiger partial charge in [0.05, 0.1) is 18.0 Å². The van der Waals surface area contributed by atoms with E-state index in [1.165, 1.54) is 28.3 Å². The summed E-state index contributed by atoms with van der Waals surface area (Å²) in [4.78, 5) is 45.0. The minimum absolute atomic E-state index is 0.137. The summed E-state index contributed by atoms with van der Waals surface area (Å²) in [7, 11) is 0. The largest absolute Gasteiger partial charge is 0.381 e. The van der Waals surface area contributed by atoms with E-state index in [0.717, 1.165) is 17.0 Å². The van der Waals surface area contributed by atoms with Gasteiger partial charge in [0.15, 0.2) is 0 Å². The molecule has 1 aromatic heterocycles. The van der Waals surface area contributed by atoms with Gasteiger partial charge in [-0.2, -0.15) is 5.10 Å². The Morgan fingerprint density at radius 1 is 1.21 bits per heavy atom. The van der Waals surface area contributed by atoms with E-state index in [-0.39, 0.29) is 23.6 Å².